The molecular formula is C20H32Cl2SiZr. The van der Waals surface area contributed by atoms with Crippen molar-refractivity contribution in [1.82, 2.24) is 0 Å². The third-order valence-electron chi connectivity index (χ3n) is 5.45. The molecule has 4 heteroatoms. The summed E-state index contributed by atoms with van der Waals surface area (Å²) in [7, 11) is 0. The molecular weight excluding hydrogens is 430 g/mol. The van der Waals surface area contributed by atoms with Crippen LogP contribution in [-0.2, 0) is 20.4 Å². The van der Waals surface area contributed by atoms with Crippen molar-refractivity contribution in [1.29, 1.82) is 0 Å². The standard InChI is InChI=1S/C9H11.C9H13.C2H6Si.2ClH.Zr/c1-2-5-9-7-3-6-8(9)4-1;1-9(2,3)8-6-4-5-7-8;1-3-2;;;/h3,6-7H,1-2,4-5H2;4,6H,7H2,1-3H3;1-2H3;2*1H;. The molecule has 1 atom stereocenters. The van der Waals surface area contributed by atoms with Gasteiger partial charge in [0.2, 0.25) is 0 Å². The third-order valence-corrected chi connectivity index (χ3v) is 23.6. The average Bonchev–Trinajstić information content (AvgIpc) is 3.06. The Kier molecular flexibility index (Phi) is 8.53. The van der Waals surface area contributed by atoms with Crippen molar-refractivity contribution in [3.05, 3.63) is 44.3 Å². The largest absolute Gasteiger partial charge is 0.147 e. The summed E-state index contributed by atoms with van der Waals surface area (Å²) in [5.74, 6) is 0. The second-order valence-corrected chi connectivity index (χ2v) is 26.0. The fourth-order valence-electron chi connectivity index (χ4n) is 4.15. The summed E-state index contributed by atoms with van der Waals surface area (Å²) in [6.07, 6.45) is 17.1. The van der Waals surface area contributed by atoms with E-state index >= 15 is 0 Å². The zero-order chi connectivity index (χ0) is 15.9. The maximum Gasteiger partial charge on any atom is -0.147 e. The van der Waals surface area contributed by atoms with Crippen LogP contribution in [0.5, 0.6) is 0 Å². The maximum absolute atomic E-state index is 2.64. The first-order valence-electron chi connectivity index (χ1n) is 8.86. The van der Waals surface area contributed by atoms with Gasteiger partial charge in [0.15, 0.2) is 0 Å². The number of rotatable bonds is 2. The van der Waals surface area contributed by atoms with Gasteiger partial charge in [0.1, 0.15) is 0 Å². The summed E-state index contributed by atoms with van der Waals surface area (Å²) in [6, 6.07) is 0. The van der Waals surface area contributed by atoms with Gasteiger partial charge in [-0.3, -0.25) is 0 Å². The minimum atomic E-state index is -1.53. The molecule has 0 fully saturated rings. The molecule has 0 saturated carbocycles. The van der Waals surface area contributed by atoms with Crippen LogP contribution in [0.25, 0.3) is 0 Å². The van der Waals surface area contributed by atoms with Gasteiger partial charge in [0.05, 0.1) is 0 Å². The number of hydrogen-bond acceptors (Lipinski definition) is 0. The average molecular weight is 463 g/mol. The van der Waals surface area contributed by atoms with E-state index in [1.807, 2.05) is 8.85 Å². The monoisotopic (exact) mass is 460 g/mol. The molecule has 134 valence electrons. The van der Waals surface area contributed by atoms with Crippen LogP contribution in [0.2, 0.25) is 16.7 Å². The molecule has 3 aliphatic rings. The summed E-state index contributed by atoms with van der Waals surface area (Å²) >= 11 is -1.53. The van der Waals surface area contributed by atoms with Gasteiger partial charge in [-0.05, 0) is 0 Å². The van der Waals surface area contributed by atoms with Crippen LogP contribution < -0.4 is 0 Å². The Morgan fingerprint density at radius 3 is 2.29 bits per heavy atom. The van der Waals surface area contributed by atoms with Gasteiger partial charge < -0.3 is 0 Å². The van der Waals surface area contributed by atoms with Crippen LogP contribution in [0.3, 0.4) is 0 Å². The molecule has 3 aliphatic carbocycles. The van der Waals surface area contributed by atoms with Crippen LogP contribution in [0, 0.1) is 5.41 Å². The first kappa shape index (κ1) is 22.7. The van der Waals surface area contributed by atoms with Gasteiger partial charge in [-0.2, -0.15) is 0 Å². The van der Waals surface area contributed by atoms with Gasteiger partial charge in [-0.1, -0.05) is 0 Å². The molecule has 24 heavy (non-hydrogen) atoms. The second-order valence-electron chi connectivity index (χ2n) is 8.32. The fourth-order valence-corrected chi connectivity index (χ4v) is 22.3. The molecule has 0 nitrogen and oxygen atoms in total. The van der Waals surface area contributed by atoms with Crippen molar-refractivity contribution in [3.8, 4) is 0 Å². The molecule has 0 aromatic heterocycles. The van der Waals surface area contributed by atoms with Crippen LogP contribution in [0.1, 0.15) is 52.9 Å². The van der Waals surface area contributed by atoms with E-state index in [4.69, 9.17) is 0 Å². The summed E-state index contributed by atoms with van der Waals surface area (Å²) in [6.45, 7) is 12.3. The van der Waals surface area contributed by atoms with Gasteiger partial charge in [-0.15, -0.1) is 24.8 Å². The summed E-state index contributed by atoms with van der Waals surface area (Å²) in [4.78, 5) is 0. The first-order valence-corrected chi connectivity index (χ1v) is 17.7. The van der Waals surface area contributed by atoms with Crippen LogP contribution in [0.15, 0.2) is 44.3 Å². The Labute approximate surface area is 169 Å². The summed E-state index contributed by atoms with van der Waals surface area (Å²) in [5.41, 5.74) is 5.49. The zero-order valence-corrected chi connectivity index (χ0v) is 20.8. The van der Waals surface area contributed by atoms with Crippen molar-refractivity contribution in [2.24, 2.45) is 5.41 Å². The molecule has 0 aromatic rings. The Morgan fingerprint density at radius 2 is 1.71 bits per heavy atom. The normalized spacial score (nSPS) is 22.3. The fraction of sp³-hybridized carbons (Fsp3) is 0.600. The van der Waals surface area contributed by atoms with Gasteiger partial charge in [-0.25, -0.2) is 0 Å². The third kappa shape index (κ3) is 4.67. The topological polar surface area (TPSA) is 0 Å². The summed E-state index contributed by atoms with van der Waals surface area (Å²) < 4.78 is 2.83. The molecule has 0 amide bonds. The smallest absolute Gasteiger partial charge is 0.147 e. The van der Waals surface area contributed by atoms with Crippen LogP contribution >= 0.6 is 24.8 Å². The van der Waals surface area contributed by atoms with E-state index in [-0.39, 0.29) is 30.2 Å². The van der Waals surface area contributed by atoms with Crippen molar-refractivity contribution >= 4 is 30.2 Å². The second kappa shape index (κ2) is 9.03. The van der Waals surface area contributed by atoms with Crippen molar-refractivity contribution in [2.45, 2.75) is 69.6 Å². The van der Waals surface area contributed by atoms with E-state index in [2.05, 4.69) is 58.2 Å². The Hall–Kier alpha value is 0.640. The Bertz CT molecular complexity index is 641. The molecule has 0 aliphatic heterocycles. The molecule has 1 unspecified atom stereocenters. The van der Waals surface area contributed by atoms with Gasteiger partial charge in [0.25, 0.3) is 0 Å². The molecule has 0 radical (unpaired) electrons. The predicted molar refractivity (Wildman–Crippen MR) is 111 cm³/mol. The van der Waals surface area contributed by atoms with E-state index in [9.17, 15) is 0 Å². The molecule has 0 N–H and O–H groups in total. The quantitative estimate of drug-likeness (QED) is 0.381. The number of allylic oxidation sites excluding steroid dienone is 8. The zero-order valence-electron chi connectivity index (χ0n) is 15.7. The van der Waals surface area contributed by atoms with Crippen LogP contribution in [-0.4, -0.2) is 5.43 Å². The minimum absolute atomic E-state index is 0. The maximum atomic E-state index is 2.64. The number of hydrogen-bond donors (Lipinski definition) is 0. The van der Waals surface area contributed by atoms with E-state index in [1.165, 1.54) is 32.1 Å². The van der Waals surface area contributed by atoms with Crippen molar-refractivity contribution in [2.75, 3.05) is 0 Å². The molecule has 0 saturated heterocycles. The van der Waals surface area contributed by atoms with Gasteiger partial charge in [0, 0.05) is 0 Å². The van der Waals surface area contributed by atoms with E-state index in [0.29, 0.717) is 5.41 Å². The molecule has 0 bridgehead atoms. The predicted octanol–water partition coefficient (Wildman–Crippen LogP) is 7.19. The molecule has 0 aromatic carbocycles. The summed E-state index contributed by atoms with van der Waals surface area (Å²) in [5, 5.41) is 0. The van der Waals surface area contributed by atoms with Crippen molar-refractivity contribution in [3.63, 3.8) is 0 Å². The van der Waals surface area contributed by atoms with Crippen molar-refractivity contribution < 1.29 is 20.4 Å². The SMILES string of the molecule is C[Si](C)=[Zr]([C]1=CC=C(C(C)(C)C)C1)[CH]1C=CC2=C1CCCC2.Cl.Cl. The van der Waals surface area contributed by atoms with E-state index in [0.717, 1.165) is 3.63 Å². The minimum Gasteiger partial charge on any atom is -0.147 e. The van der Waals surface area contributed by atoms with E-state index in [1.54, 1.807) is 11.1 Å². The Balaban J connectivity index is 0.00000144. The van der Waals surface area contributed by atoms with Crippen LogP contribution in [0.4, 0.5) is 0 Å². The molecule has 0 spiro atoms. The van der Waals surface area contributed by atoms with Gasteiger partial charge >= 0.3 is 145 Å². The Morgan fingerprint density at radius 1 is 1.04 bits per heavy atom. The first-order chi connectivity index (χ1) is 10.4. The molecule has 3 rings (SSSR count). The number of halogens is 2. The molecule has 0 heterocycles. The van der Waals surface area contributed by atoms with E-state index < -0.39 is 20.4 Å².